The Morgan fingerprint density at radius 3 is 2.69 bits per heavy atom. The number of aromatic amines is 1. The third kappa shape index (κ3) is 4.08. The van der Waals surface area contributed by atoms with E-state index in [0.717, 1.165) is 28.1 Å². The van der Waals surface area contributed by atoms with Crippen molar-refractivity contribution in [2.75, 3.05) is 18.6 Å². The molecule has 0 radical (unpaired) electrons. The molecular weight excluding hydrogens is 462 g/mol. The van der Waals surface area contributed by atoms with Gasteiger partial charge in [0.05, 0.1) is 6.04 Å². The van der Waals surface area contributed by atoms with Gasteiger partial charge in [0.2, 0.25) is 5.88 Å². The molecule has 4 aromatic rings. The van der Waals surface area contributed by atoms with Crippen molar-refractivity contribution >= 4 is 28.8 Å². The van der Waals surface area contributed by atoms with Crippen molar-refractivity contribution in [1.82, 2.24) is 20.5 Å². The van der Waals surface area contributed by atoms with E-state index in [2.05, 4.69) is 45.8 Å². The summed E-state index contributed by atoms with van der Waals surface area (Å²) in [6, 6.07) is 13.2. The van der Waals surface area contributed by atoms with Crippen LogP contribution in [-0.4, -0.2) is 40.7 Å². The normalized spacial score (nSPS) is 14.9. The fourth-order valence-electron chi connectivity index (χ4n) is 4.35. The fourth-order valence-corrected chi connectivity index (χ4v) is 5.01. The van der Waals surface area contributed by atoms with Crippen LogP contribution in [0.1, 0.15) is 53.1 Å². The maximum absolute atomic E-state index is 13.7. The number of rotatable bonds is 7. The van der Waals surface area contributed by atoms with Crippen molar-refractivity contribution in [2.45, 2.75) is 25.8 Å². The van der Waals surface area contributed by atoms with Gasteiger partial charge in [0.1, 0.15) is 0 Å². The summed E-state index contributed by atoms with van der Waals surface area (Å²) in [6.45, 7) is 3.94. The third-order valence-electron chi connectivity index (χ3n) is 6.08. The highest BCUT2D eigenvalue weighted by molar-refractivity contribution is 7.08. The number of carbonyl (C=O) groups excluding carboxylic acids is 2. The average Bonchev–Trinajstić information content (AvgIpc) is 3.61. The number of pyridine rings is 1. The number of thiophene rings is 1. The van der Waals surface area contributed by atoms with Crippen LogP contribution in [0.4, 0.5) is 5.69 Å². The Kier molecular flexibility index (Phi) is 6.08. The van der Waals surface area contributed by atoms with Crippen LogP contribution in [-0.2, 0) is 4.79 Å². The van der Waals surface area contributed by atoms with Crippen LogP contribution < -0.4 is 15.0 Å². The molecule has 1 aliphatic heterocycles. The smallest absolute Gasteiger partial charge is 0.280 e. The summed E-state index contributed by atoms with van der Waals surface area (Å²) >= 11 is 1.64. The van der Waals surface area contributed by atoms with E-state index in [-0.39, 0.29) is 24.3 Å². The number of likely N-dealkylation sites (N-methyl/N-ethyl adjacent to an activating group) is 1. The summed E-state index contributed by atoms with van der Waals surface area (Å²) < 4.78 is 5.79. The third-order valence-corrected chi connectivity index (χ3v) is 6.76. The molecule has 1 atom stereocenters. The number of anilines is 1. The van der Waals surface area contributed by atoms with Gasteiger partial charge in [-0.25, -0.2) is 4.98 Å². The molecule has 178 valence electrons. The SMILES string of the molecule is CNC(=O)COc1ncccc1C1c2c(n[nH]c2C(C)C)C(=O)N1c1ccc(-c2ccsc2)cc1. The van der Waals surface area contributed by atoms with Crippen molar-refractivity contribution < 1.29 is 14.3 Å². The molecule has 0 spiro atoms. The zero-order valence-corrected chi connectivity index (χ0v) is 20.4. The number of H-pyrrole nitrogens is 1. The summed E-state index contributed by atoms with van der Waals surface area (Å²) in [4.78, 5) is 31.6. The Morgan fingerprint density at radius 1 is 1.20 bits per heavy atom. The first kappa shape index (κ1) is 22.8. The van der Waals surface area contributed by atoms with E-state index in [1.807, 2.05) is 35.7 Å². The largest absolute Gasteiger partial charge is 0.467 e. The van der Waals surface area contributed by atoms with E-state index < -0.39 is 6.04 Å². The number of hydrogen-bond acceptors (Lipinski definition) is 6. The minimum atomic E-state index is -0.506. The van der Waals surface area contributed by atoms with Gasteiger partial charge in [0, 0.05) is 35.8 Å². The van der Waals surface area contributed by atoms with Crippen LogP contribution in [0.5, 0.6) is 5.88 Å². The standard InChI is InChI=1S/C26H25N5O3S/c1-15(2)22-21-23(30-29-22)26(33)31(18-8-6-16(7-9-18)17-10-12-35-14-17)24(21)19-5-4-11-28-25(19)34-13-20(32)27-3/h4-12,14-15,24H,13H2,1-3H3,(H,27,32)(H,29,30). The maximum atomic E-state index is 13.7. The second-order valence-corrected chi connectivity index (χ2v) is 9.33. The molecule has 8 nitrogen and oxygen atoms in total. The van der Waals surface area contributed by atoms with Crippen LogP contribution >= 0.6 is 11.3 Å². The van der Waals surface area contributed by atoms with Crippen molar-refractivity contribution in [3.63, 3.8) is 0 Å². The van der Waals surface area contributed by atoms with Crippen LogP contribution in [0.15, 0.2) is 59.4 Å². The summed E-state index contributed by atoms with van der Waals surface area (Å²) in [5, 5.41) is 14.1. The molecule has 4 heterocycles. The lowest BCUT2D eigenvalue weighted by Gasteiger charge is -2.28. The lowest BCUT2D eigenvalue weighted by molar-refractivity contribution is -0.122. The Bertz CT molecular complexity index is 1360. The molecule has 0 saturated heterocycles. The quantitative estimate of drug-likeness (QED) is 0.399. The highest BCUT2D eigenvalue weighted by Gasteiger charge is 2.44. The molecule has 9 heteroatoms. The predicted octanol–water partition coefficient (Wildman–Crippen LogP) is 4.53. The predicted molar refractivity (Wildman–Crippen MR) is 135 cm³/mol. The molecule has 2 N–H and O–H groups in total. The lowest BCUT2D eigenvalue weighted by Crippen LogP contribution is -2.30. The number of ether oxygens (including phenoxy) is 1. The number of nitrogens with one attached hydrogen (secondary N) is 2. The number of nitrogens with zero attached hydrogens (tertiary/aromatic N) is 3. The highest BCUT2D eigenvalue weighted by Crippen LogP contribution is 2.46. The number of hydrogen-bond donors (Lipinski definition) is 2. The summed E-state index contributed by atoms with van der Waals surface area (Å²) in [7, 11) is 1.55. The molecule has 5 rings (SSSR count). The van der Waals surface area contributed by atoms with E-state index in [1.54, 1.807) is 35.5 Å². The minimum absolute atomic E-state index is 0.120. The minimum Gasteiger partial charge on any atom is -0.467 e. The fraction of sp³-hybridized carbons (Fsp3) is 0.231. The average molecular weight is 488 g/mol. The van der Waals surface area contributed by atoms with Gasteiger partial charge in [-0.15, -0.1) is 0 Å². The number of amides is 2. The Hall–Kier alpha value is -3.98. The zero-order chi connectivity index (χ0) is 24.5. The van der Waals surface area contributed by atoms with E-state index >= 15 is 0 Å². The first-order chi connectivity index (χ1) is 17.0. The van der Waals surface area contributed by atoms with Gasteiger partial charge >= 0.3 is 0 Å². The second kappa shape index (κ2) is 9.34. The van der Waals surface area contributed by atoms with Gasteiger partial charge in [0.15, 0.2) is 12.3 Å². The van der Waals surface area contributed by atoms with Crippen LogP contribution in [0.2, 0.25) is 0 Å². The Balaban J connectivity index is 1.61. The lowest BCUT2D eigenvalue weighted by atomic mass is 9.95. The molecule has 1 unspecified atom stereocenters. The van der Waals surface area contributed by atoms with Crippen molar-refractivity contribution in [1.29, 1.82) is 0 Å². The van der Waals surface area contributed by atoms with Gasteiger partial charge < -0.3 is 10.1 Å². The van der Waals surface area contributed by atoms with Crippen molar-refractivity contribution in [2.24, 2.45) is 0 Å². The molecule has 3 aromatic heterocycles. The molecular formula is C26H25N5O3S. The van der Waals surface area contributed by atoms with Gasteiger partial charge in [0.25, 0.3) is 11.8 Å². The maximum Gasteiger partial charge on any atom is 0.280 e. The summed E-state index contributed by atoms with van der Waals surface area (Å²) in [6.07, 6.45) is 1.61. The van der Waals surface area contributed by atoms with Crippen molar-refractivity contribution in [3.8, 4) is 17.0 Å². The van der Waals surface area contributed by atoms with Crippen LogP contribution in [0, 0.1) is 0 Å². The van der Waals surface area contributed by atoms with Gasteiger partial charge in [-0.2, -0.15) is 16.4 Å². The molecule has 0 bridgehead atoms. The van der Waals surface area contributed by atoms with Gasteiger partial charge in [-0.05, 0) is 58.1 Å². The first-order valence-electron chi connectivity index (χ1n) is 11.3. The number of aromatic nitrogens is 3. The number of fused-ring (bicyclic) bond motifs is 1. The summed E-state index contributed by atoms with van der Waals surface area (Å²) in [5.41, 5.74) is 5.73. The van der Waals surface area contributed by atoms with Crippen LogP contribution in [0.3, 0.4) is 0 Å². The zero-order valence-electron chi connectivity index (χ0n) is 19.6. The first-order valence-corrected chi connectivity index (χ1v) is 12.3. The molecule has 2 amide bonds. The monoisotopic (exact) mass is 487 g/mol. The molecule has 1 aromatic carbocycles. The molecule has 0 fully saturated rings. The Morgan fingerprint density at radius 2 is 2.00 bits per heavy atom. The van der Waals surface area contributed by atoms with E-state index in [0.29, 0.717) is 17.1 Å². The molecule has 35 heavy (non-hydrogen) atoms. The van der Waals surface area contributed by atoms with Gasteiger partial charge in [-0.3, -0.25) is 19.6 Å². The van der Waals surface area contributed by atoms with E-state index in [1.165, 1.54) is 0 Å². The van der Waals surface area contributed by atoms with Gasteiger partial charge in [-0.1, -0.05) is 26.0 Å². The summed E-state index contributed by atoms with van der Waals surface area (Å²) in [5.74, 6) is -0.0405. The topological polar surface area (TPSA) is 100 Å². The van der Waals surface area contributed by atoms with Crippen LogP contribution in [0.25, 0.3) is 11.1 Å². The molecule has 0 saturated carbocycles. The van der Waals surface area contributed by atoms with E-state index in [9.17, 15) is 9.59 Å². The molecule has 0 aliphatic carbocycles. The molecule has 1 aliphatic rings. The highest BCUT2D eigenvalue weighted by atomic mass is 32.1. The van der Waals surface area contributed by atoms with E-state index in [4.69, 9.17) is 4.74 Å². The number of carbonyl (C=O) groups is 2. The number of benzene rings is 1. The second-order valence-electron chi connectivity index (χ2n) is 8.55. The van der Waals surface area contributed by atoms with Crippen molar-refractivity contribution in [3.05, 3.63) is 81.9 Å². The Labute approximate surface area is 207 Å².